The largest absolute Gasteiger partial charge is 0.310 e. The van der Waals surface area contributed by atoms with E-state index >= 15 is 0 Å². The predicted octanol–water partition coefficient (Wildman–Crippen LogP) is 4.32. The minimum Gasteiger partial charge on any atom is -0.310 e. The van der Waals surface area contributed by atoms with Gasteiger partial charge in [0.05, 0.1) is 5.52 Å². The molecule has 102 valence electrons. The maximum atomic E-state index is 4.38. The first-order valence-electron chi connectivity index (χ1n) is 7.28. The number of nitrogens with one attached hydrogen (secondary N) is 1. The fourth-order valence-corrected chi connectivity index (χ4v) is 2.44. The third-order valence-electron chi connectivity index (χ3n) is 3.51. The summed E-state index contributed by atoms with van der Waals surface area (Å²) in [5.74, 6) is 0.753. The highest BCUT2D eigenvalue weighted by atomic mass is 14.9. The van der Waals surface area contributed by atoms with Crippen LogP contribution >= 0.6 is 0 Å². The standard InChI is InChI=1S/C17H24N2/c1-4-18-16(9-7-13(2)3)15-8-10-17-14(12-15)6-5-11-19-17/h5-6,8,10-13,16,18H,4,7,9H2,1-3H3. The molecule has 2 rings (SSSR count). The molecule has 0 bridgehead atoms. The van der Waals surface area contributed by atoms with Crippen molar-refractivity contribution in [2.75, 3.05) is 6.54 Å². The van der Waals surface area contributed by atoms with Crippen molar-refractivity contribution in [3.8, 4) is 0 Å². The Morgan fingerprint density at radius 1 is 1.16 bits per heavy atom. The highest BCUT2D eigenvalue weighted by Crippen LogP contribution is 2.24. The summed E-state index contributed by atoms with van der Waals surface area (Å²) in [5, 5.41) is 4.83. The van der Waals surface area contributed by atoms with Gasteiger partial charge in [-0.3, -0.25) is 4.98 Å². The Morgan fingerprint density at radius 2 is 2.00 bits per heavy atom. The first kappa shape index (κ1) is 14.0. The molecule has 0 amide bonds. The second-order valence-electron chi connectivity index (χ2n) is 5.54. The second-order valence-corrected chi connectivity index (χ2v) is 5.54. The van der Waals surface area contributed by atoms with Crippen molar-refractivity contribution in [1.82, 2.24) is 10.3 Å². The second kappa shape index (κ2) is 6.67. The lowest BCUT2D eigenvalue weighted by molar-refractivity contribution is 0.449. The summed E-state index contributed by atoms with van der Waals surface area (Å²) in [5.41, 5.74) is 2.45. The van der Waals surface area contributed by atoms with Crippen molar-refractivity contribution in [2.24, 2.45) is 5.92 Å². The van der Waals surface area contributed by atoms with E-state index in [1.54, 1.807) is 0 Å². The molecule has 1 unspecified atom stereocenters. The van der Waals surface area contributed by atoms with Crippen LogP contribution in [0.1, 0.15) is 45.2 Å². The van der Waals surface area contributed by atoms with Crippen LogP contribution in [0.4, 0.5) is 0 Å². The minimum atomic E-state index is 0.456. The Balaban J connectivity index is 2.22. The quantitative estimate of drug-likeness (QED) is 0.832. The van der Waals surface area contributed by atoms with Gasteiger partial charge in [-0.05, 0) is 49.1 Å². The zero-order valence-electron chi connectivity index (χ0n) is 12.2. The van der Waals surface area contributed by atoms with Crippen molar-refractivity contribution in [2.45, 2.75) is 39.7 Å². The molecular weight excluding hydrogens is 232 g/mol. The maximum absolute atomic E-state index is 4.38. The van der Waals surface area contributed by atoms with Gasteiger partial charge in [0, 0.05) is 17.6 Å². The lowest BCUT2D eigenvalue weighted by Crippen LogP contribution is -2.21. The van der Waals surface area contributed by atoms with Gasteiger partial charge in [-0.2, -0.15) is 0 Å². The van der Waals surface area contributed by atoms with Gasteiger partial charge in [0.25, 0.3) is 0 Å². The van der Waals surface area contributed by atoms with Crippen molar-refractivity contribution >= 4 is 10.9 Å². The molecule has 1 atom stereocenters. The molecule has 2 aromatic rings. The van der Waals surface area contributed by atoms with E-state index in [-0.39, 0.29) is 0 Å². The average molecular weight is 256 g/mol. The fourth-order valence-electron chi connectivity index (χ4n) is 2.44. The van der Waals surface area contributed by atoms with Gasteiger partial charge in [-0.25, -0.2) is 0 Å². The number of benzene rings is 1. The van der Waals surface area contributed by atoms with Crippen molar-refractivity contribution < 1.29 is 0 Å². The predicted molar refractivity (Wildman–Crippen MR) is 82.2 cm³/mol. The van der Waals surface area contributed by atoms with E-state index in [2.05, 4.69) is 55.3 Å². The number of pyridine rings is 1. The smallest absolute Gasteiger partial charge is 0.0702 e. The summed E-state index contributed by atoms with van der Waals surface area (Å²) in [6.45, 7) is 7.75. The number of hydrogen-bond acceptors (Lipinski definition) is 2. The van der Waals surface area contributed by atoms with Crippen molar-refractivity contribution in [3.05, 3.63) is 42.1 Å². The molecule has 1 aromatic carbocycles. The van der Waals surface area contributed by atoms with Gasteiger partial charge in [0.2, 0.25) is 0 Å². The van der Waals surface area contributed by atoms with Crippen LogP contribution in [-0.2, 0) is 0 Å². The van der Waals surface area contributed by atoms with E-state index in [1.165, 1.54) is 23.8 Å². The van der Waals surface area contributed by atoms with Crippen molar-refractivity contribution in [3.63, 3.8) is 0 Å². The van der Waals surface area contributed by atoms with Crippen LogP contribution in [0.25, 0.3) is 10.9 Å². The summed E-state index contributed by atoms with van der Waals surface area (Å²) in [6, 6.07) is 11.2. The molecule has 0 saturated heterocycles. The van der Waals surface area contributed by atoms with Gasteiger partial charge in [0.1, 0.15) is 0 Å². The first-order chi connectivity index (χ1) is 9.20. The topological polar surface area (TPSA) is 24.9 Å². The Morgan fingerprint density at radius 3 is 2.74 bits per heavy atom. The highest BCUT2D eigenvalue weighted by Gasteiger charge is 2.11. The monoisotopic (exact) mass is 256 g/mol. The van der Waals surface area contributed by atoms with E-state index in [4.69, 9.17) is 0 Å². The normalized spacial score (nSPS) is 13.1. The van der Waals surface area contributed by atoms with Crippen LogP contribution in [0.2, 0.25) is 0 Å². The lowest BCUT2D eigenvalue weighted by Gasteiger charge is -2.19. The number of aromatic nitrogens is 1. The van der Waals surface area contributed by atoms with Crippen molar-refractivity contribution in [1.29, 1.82) is 0 Å². The first-order valence-corrected chi connectivity index (χ1v) is 7.28. The summed E-state index contributed by atoms with van der Waals surface area (Å²) in [7, 11) is 0. The maximum Gasteiger partial charge on any atom is 0.0702 e. The molecule has 1 heterocycles. The SMILES string of the molecule is CCNC(CCC(C)C)c1ccc2ncccc2c1. The summed E-state index contributed by atoms with van der Waals surface area (Å²) >= 11 is 0. The van der Waals surface area contributed by atoms with Gasteiger partial charge < -0.3 is 5.32 Å². The third kappa shape index (κ3) is 3.77. The Kier molecular flexibility index (Phi) is 4.92. The van der Waals surface area contributed by atoms with Crippen LogP contribution in [0.5, 0.6) is 0 Å². The molecule has 0 spiro atoms. The summed E-state index contributed by atoms with van der Waals surface area (Å²) in [6.07, 6.45) is 4.29. The number of fused-ring (bicyclic) bond motifs is 1. The molecule has 1 aromatic heterocycles. The van der Waals surface area contributed by atoms with Crippen LogP contribution in [-0.4, -0.2) is 11.5 Å². The molecule has 0 fully saturated rings. The molecule has 2 heteroatoms. The van der Waals surface area contributed by atoms with Crippen LogP contribution < -0.4 is 5.32 Å². The molecule has 19 heavy (non-hydrogen) atoms. The van der Waals surface area contributed by atoms with E-state index in [0.717, 1.165) is 18.0 Å². The van der Waals surface area contributed by atoms with Gasteiger partial charge in [-0.1, -0.05) is 32.9 Å². The fraction of sp³-hybridized carbons (Fsp3) is 0.471. The average Bonchev–Trinajstić information content (AvgIpc) is 2.42. The van der Waals surface area contributed by atoms with Gasteiger partial charge in [-0.15, -0.1) is 0 Å². The Hall–Kier alpha value is -1.41. The van der Waals surface area contributed by atoms with Gasteiger partial charge >= 0.3 is 0 Å². The Labute approximate surface area is 116 Å². The minimum absolute atomic E-state index is 0.456. The van der Waals surface area contributed by atoms with Crippen LogP contribution in [0.3, 0.4) is 0 Å². The molecule has 0 saturated carbocycles. The molecule has 1 N–H and O–H groups in total. The molecule has 0 aliphatic heterocycles. The third-order valence-corrected chi connectivity index (χ3v) is 3.51. The van der Waals surface area contributed by atoms with E-state index in [1.807, 2.05) is 12.3 Å². The van der Waals surface area contributed by atoms with Gasteiger partial charge in [0.15, 0.2) is 0 Å². The number of rotatable bonds is 6. The number of hydrogen-bond donors (Lipinski definition) is 1. The van der Waals surface area contributed by atoms with E-state index < -0.39 is 0 Å². The number of nitrogens with zero attached hydrogens (tertiary/aromatic N) is 1. The van der Waals surface area contributed by atoms with E-state index in [0.29, 0.717) is 6.04 Å². The zero-order chi connectivity index (χ0) is 13.7. The van der Waals surface area contributed by atoms with E-state index in [9.17, 15) is 0 Å². The zero-order valence-corrected chi connectivity index (χ0v) is 12.2. The molecule has 0 aliphatic carbocycles. The lowest BCUT2D eigenvalue weighted by atomic mass is 9.96. The Bertz CT molecular complexity index is 519. The highest BCUT2D eigenvalue weighted by molar-refractivity contribution is 5.79. The van der Waals surface area contributed by atoms with Crippen LogP contribution in [0.15, 0.2) is 36.5 Å². The molecular formula is C17H24N2. The molecule has 0 aliphatic rings. The van der Waals surface area contributed by atoms with Crippen LogP contribution in [0, 0.1) is 5.92 Å². The molecule has 2 nitrogen and oxygen atoms in total. The summed E-state index contributed by atoms with van der Waals surface area (Å²) < 4.78 is 0. The summed E-state index contributed by atoms with van der Waals surface area (Å²) in [4.78, 5) is 4.38. The molecule has 0 radical (unpaired) electrons.